The normalized spacial score (nSPS) is 13.6. The van der Waals surface area contributed by atoms with Gasteiger partial charge in [0.25, 0.3) is 0 Å². The minimum Gasteiger partial charge on any atom is -0.337 e. The SMILES string of the molecule is CC(C)(C)S(C)(C)OCCCCc1cnc(Cl)nc1Cl. The lowest BCUT2D eigenvalue weighted by atomic mass is 10.1. The monoisotopic (exact) mass is 338 g/mol. The number of aryl methyl sites for hydroxylation is 1. The molecule has 0 aliphatic carbocycles. The topological polar surface area (TPSA) is 35.0 Å². The van der Waals surface area contributed by atoms with Gasteiger partial charge in [-0.2, -0.15) is 0 Å². The zero-order valence-electron chi connectivity index (χ0n) is 12.9. The zero-order chi connectivity index (χ0) is 15.4. The first-order valence-corrected chi connectivity index (χ1v) is 9.81. The number of nitrogens with zero attached hydrogens (tertiary/aromatic N) is 2. The lowest BCUT2D eigenvalue weighted by Gasteiger charge is -2.43. The van der Waals surface area contributed by atoms with E-state index in [0.717, 1.165) is 31.4 Å². The van der Waals surface area contributed by atoms with Crippen LogP contribution in [0.5, 0.6) is 0 Å². The summed E-state index contributed by atoms with van der Waals surface area (Å²) in [7, 11) is -1.02. The Kier molecular flexibility index (Phi) is 6.58. The van der Waals surface area contributed by atoms with Crippen molar-refractivity contribution in [2.24, 2.45) is 0 Å². The molecule has 0 bridgehead atoms. The molecule has 0 unspecified atom stereocenters. The molecular formula is C14H24Cl2N2OS. The Labute approximate surface area is 134 Å². The van der Waals surface area contributed by atoms with E-state index in [0.29, 0.717) is 5.15 Å². The highest BCUT2D eigenvalue weighted by atomic mass is 35.5. The Balaban J connectivity index is 2.32. The highest BCUT2D eigenvalue weighted by molar-refractivity contribution is 8.29. The van der Waals surface area contributed by atoms with Crippen LogP contribution in [0.1, 0.15) is 39.2 Å². The first-order valence-electron chi connectivity index (χ1n) is 6.68. The van der Waals surface area contributed by atoms with E-state index in [2.05, 4.69) is 43.3 Å². The van der Waals surface area contributed by atoms with Crippen LogP contribution in [0.2, 0.25) is 10.4 Å². The van der Waals surface area contributed by atoms with Crippen LogP contribution in [0.25, 0.3) is 0 Å². The summed E-state index contributed by atoms with van der Waals surface area (Å²) in [4.78, 5) is 7.89. The number of unbranched alkanes of at least 4 members (excludes halogenated alkanes) is 1. The van der Waals surface area contributed by atoms with Crippen molar-refractivity contribution in [1.29, 1.82) is 0 Å². The summed E-state index contributed by atoms with van der Waals surface area (Å²) < 4.78 is 6.29. The molecule has 0 radical (unpaired) electrons. The van der Waals surface area contributed by atoms with E-state index < -0.39 is 10.3 Å². The Morgan fingerprint density at radius 3 is 2.40 bits per heavy atom. The van der Waals surface area contributed by atoms with Gasteiger partial charge in [0.2, 0.25) is 5.28 Å². The van der Waals surface area contributed by atoms with Crippen molar-refractivity contribution in [2.45, 2.75) is 44.8 Å². The van der Waals surface area contributed by atoms with Gasteiger partial charge in [0, 0.05) is 16.5 Å². The van der Waals surface area contributed by atoms with Gasteiger partial charge in [0.05, 0.1) is 6.61 Å². The second-order valence-corrected chi connectivity index (χ2v) is 10.7. The molecule has 6 heteroatoms. The van der Waals surface area contributed by atoms with Crippen LogP contribution >= 0.6 is 33.5 Å². The lowest BCUT2D eigenvalue weighted by Crippen LogP contribution is -2.25. The maximum Gasteiger partial charge on any atom is 0.223 e. The van der Waals surface area contributed by atoms with Gasteiger partial charge in [-0.25, -0.2) is 9.97 Å². The molecule has 1 heterocycles. The van der Waals surface area contributed by atoms with Crippen LogP contribution in [0.3, 0.4) is 0 Å². The van der Waals surface area contributed by atoms with Crippen LogP contribution in [-0.2, 0) is 10.6 Å². The van der Waals surface area contributed by atoms with Gasteiger partial charge >= 0.3 is 0 Å². The molecule has 20 heavy (non-hydrogen) atoms. The molecule has 3 nitrogen and oxygen atoms in total. The predicted molar refractivity (Wildman–Crippen MR) is 90.1 cm³/mol. The first-order chi connectivity index (χ1) is 9.13. The van der Waals surface area contributed by atoms with Gasteiger partial charge in [0.15, 0.2) is 0 Å². The van der Waals surface area contributed by atoms with Crippen LogP contribution in [0.15, 0.2) is 6.20 Å². The fourth-order valence-electron chi connectivity index (χ4n) is 1.40. The van der Waals surface area contributed by atoms with Crippen LogP contribution in [0.4, 0.5) is 0 Å². The maximum absolute atomic E-state index is 6.08. The minimum atomic E-state index is -1.02. The van der Waals surface area contributed by atoms with Gasteiger partial charge in [-0.05, 0) is 43.4 Å². The van der Waals surface area contributed by atoms with E-state index in [-0.39, 0.29) is 10.0 Å². The van der Waals surface area contributed by atoms with E-state index in [1.54, 1.807) is 6.20 Å². The molecule has 0 amide bonds. The van der Waals surface area contributed by atoms with E-state index in [1.807, 2.05) is 0 Å². The Morgan fingerprint density at radius 2 is 1.85 bits per heavy atom. The largest absolute Gasteiger partial charge is 0.337 e. The summed E-state index contributed by atoms with van der Waals surface area (Å²) in [5, 5.41) is 0.643. The van der Waals surface area contributed by atoms with Crippen LogP contribution in [-0.4, -0.2) is 33.8 Å². The van der Waals surface area contributed by atoms with Crippen LogP contribution in [0, 0.1) is 0 Å². The fourth-order valence-corrected chi connectivity index (χ4v) is 2.68. The molecule has 0 aromatic carbocycles. The first kappa shape index (κ1) is 18.0. The Hall–Kier alpha value is -0.0300. The lowest BCUT2D eigenvalue weighted by molar-refractivity contribution is 0.337. The molecule has 0 spiro atoms. The summed E-state index contributed by atoms with van der Waals surface area (Å²) in [6.45, 7) is 7.47. The molecule has 0 saturated heterocycles. The molecule has 0 aliphatic heterocycles. The summed E-state index contributed by atoms with van der Waals surface area (Å²) in [6.07, 6.45) is 9.00. The molecule has 0 saturated carbocycles. The molecule has 1 rings (SSSR count). The molecule has 0 aliphatic rings. The van der Waals surface area contributed by atoms with Crippen molar-refractivity contribution >= 4 is 33.5 Å². The third kappa shape index (κ3) is 5.40. The number of rotatable bonds is 6. The van der Waals surface area contributed by atoms with Crippen molar-refractivity contribution in [3.05, 3.63) is 22.2 Å². The molecule has 0 atom stereocenters. The maximum atomic E-state index is 6.08. The van der Waals surface area contributed by atoms with Gasteiger partial charge in [0.1, 0.15) is 5.15 Å². The summed E-state index contributed by atoms with van der Waals surface area (Å²) >= 11 is 11.7. The third-order valence-corrected chi connectivity index (χ3v) is 7.69. The molecule has 116 valence electrons. The van der Waals surface area contributed by atoms with Crippen molar-refractivity contribution in [1.82, 2.24) is 9.97 Å². The predicted octanol–water partition coefficient (Wildman–Crippen LogP) is 4.90. The summed E-state index contributed by atoms with van der Waals surface area (Å²) in [6, 6.07) is 0. The third-order valence-electron chi connectivity index (χ3n) is 3.48. The zero-order valence-corrected chi connectivity index (χ0v) is 15.2. The van der Waals surface area contributed by atoms with Gasteiger partial charge in [-0.1, -0.05) is 32.4 Å². The summed E-state index contributed by atoms with van der Waals surface area (Å²) in [5.41, 5.74) is 0.943. The minimum absolute atomic E-state index is 0.192. The van der Waals surface area contributed by atoms with E-state index in [1.165, 1.54) is 0 Å². The van der Waals surface area contributed by atoms with Gasteiger partial charge in [-0.3, -0.25) is 0 Å². The van der Waals surface area contributed by atoms with E-state index in [4.69, 9.17) is 27.4 Å². The highest BCUT2D eigenvalue weighted by Gasteiger charge is 2.28. The highest BCUT2D eigenvalue weighted by Crippen LogP contribution is 2.53. The number of hydrogen-bond acceptors (Lipinski definition) is 3. The average molecular weight is 339 g/mol. The van der Waals surface area contributed by atoms with Crippen molar-refractivity contribution < 1.29 is 4.18 Å². The number of hydrogen-bond donors (Lipinski definition) is 0. The van der Waals surface area contributed by atoms with Crippen molar-refractivity contribution in [3.63, 3.8) is 0 Å². The number of aromatic nitrogens is 2. The molecular weight excluding hydrogens is 315 g/mol. The molecule has 1 aromatic heterocycles. The quantitative estimate of drug-likeness (QED) is 0.420. The van der Waals surface area contributed by atoms with Gasteiger partial charge in [-0.15, -0.1) is 10.3 Å². The Bertz CT molecular complexity index is 447. The van der Waals surface area contributed by atoms with E-state index >= 15 is 0 Å². The Morgan fingerprint density at radius 1 is 1.20 bits per heavy atom. The van der Waals surface area contributed by atoms with Crippen molar-refractivity contribution in [2.75, 3.05) is 19.1 Å². The fraction of sp³-hybridized carbons (Fsp3) is 0.714. The van der Waals surface area contributed by atoms with Crippen LogP contribution < -0.4 is 0 Å². The summed E-state index contributed by atoms with van der Waals surface area (Å²) in [5.74, 6) is 0. The van der Waals surface area contributed by atoms with E-state index in [9.17, 15) is 0 Å². The number of halogens is 2. The smallest absolute Gasteiger partial charge is 0.223 e. The van der Waals surface area contributed by atoms with Gasteiger partial charge < -0.3 is 4.18 Å². The second kappa shape index (κ2) is 7.30. The van der Waals surface area contributed by atoms with Crippen molar-refractivity contribution in [3.8, 4) is 0 Å². The average Bonchev–Trinajstić information content (AvgIpc) is 2.29. The second-order valence-electron chi connectivity index (χ2n) is 6.08. The molecule has 1 aromatic rings. The molecule has 0 N–H and O–H groups in total. The molecule has 0 fully saturated rings. The standard InChI is InChI=1S/C14H24Cl2N2OS/c1-14(2,3)20(4,5)19-9-7-6-8-11-10-17-13(16)18-12(11)15/h10H,6-9H2,1-5H3.